The highest BCUT2D eigenvalue weighted by molar-refractivity contribution is 5.80. The Labute approximate surface area is 142 Å². The molecule has 3 aromatic rings. The lowest BCUT2D eigenvalue weighted by Crippen LogP contribution is -2.13. The van der Waals surface area contributed by atoms with E-state index in [0.717, 1.165) is 30.0 Å². The quantitative estimate of drug-likeness (QED) is 0.514. The van der Waals surface area contributed by atoms with Gasteiger partial charge >= 0.3 is 0 Å². The van der Waals surface area contributed by atoms with Crippen LogP contribution in [0.4, 0.5) is 5.69 Å². The normalized spacial score (nSPS) is 10.8. The lowest BCUT2D eigenvalue weighted by Gasteiger charge is -2.05. The van der Waals surface area contributed by atoms with Crippen LogP contribution in [0.15, 0.2) is 84.1 Å². The molecule has 0 unspecified atom stereocenters. The summed E-state index contributed by atoms with van der Waals surface area (Å²) < 4.78 is 0. The highest BCUT2D eigenvalue weighted by atomic mass is 15.3. The Morgan fingerprint density at radius 3 is 2.38 bits per heavy atom. The number of nitrogens with one attached hydrogen (secondary N) is 2. The Bertz CT molecular complexity index is 753. The van der Waals surface area contributed by atoms with E-state index in [1.54, 1.807) is 0 Å². The maximum absolute atomic E-state index is 4.30. The van der Waals surface area contributed by atoms with Crippen LogP contribution in [0, 0.1) is 0 Å². The average Bonchev–Trinajstić information content (AvgIpc) is 2.65. The van der Waals surface area contributed by atoms with Crippen molar-refractivity contribution in [2.24, 2.45) is 5.10 Å². The fourth-order valence-corrected chi connectivity index (χ4v) is 2.25. The summed E-state index contributed by atoms with van der Waals surface area (Å²) in [4.78, 5) is 4.30. The number of aromatic nitrogens is 1. The van der Waals surface area contributed by atoms with Crippen LogP contribution in [-0.4, -0.2) is 11.2 Å². The molecular weight excluding hydrogens is 296 g/mol. The Morgan fingerprint density at radius 1 is 0.833 bits per heavy atom. The van der Waals surface area contributed by atoms with E-state index in [1.165, 1.54) is 5.56 Å². The lowest BCUT2D eigenvalue weighted by molar-refractivity contribution is 0.680. The third kappa shape index (κ3) is 5.04. The number of pyridine rings is 1. The number of para-hydroxylation sites is 1. The highest BCUT2D eigenvalue weighted by Gasteiger charge is 1.95. The second kappa shape index (κ2) is 8.60. The van der Waals surface area contributed by atoms with E-state index in [9.17, 15) is 0 Å². The fourth-order valence-electron chi connectivity index (χ4n) is 2.25. The topological polar surface area (TPSA) is 49.3 Å². The molecule has 1 aromatic heterocycles. The third-order valence-electron chi connectivity index (χ3n) is 3.52. The van der Waals surface area contributed by atoms with Crippen molar-refractivity contribution in [3.05, 3.63) is 95.8 Å². The van der Waals surface area contributed by atoms with Gasteiger partial charge in [0.05, 0.1) is 17.6 Å². The first-order chi connectivity index (χ1) is 11.9. The fraction of sp³-hybridized carbons (Fsp3) is 0.100. The van der Waals surface area contributed by atoms with Crippen molar-refractivity contribution in [3.63, 3.8) is 0 Å². The van der Waals surface area contributed by atoms with Crippen LogP contribution in [0.2, 0.25) is 0 Å². The molecule has 0 saturated carbocycles. The second-order valence-electron chi connectivity index (χ2n) is 5.40. The summed E-state index contributed by atoms with van der Waals surface area (Å²) in [5, 5.41) is 7.64. The molecule has 4 heteroatoms. The van der Waals surface area contributed by atoms with Gasteiger partial charge in [0.1, 0.15) is 0 Å². The molecule has 24 heavy (non-hydrogen) atoms. The highest BCUT2D eigenvalue weighted by Crippen LogP contribution is 2.06. The van der Waals surface area contributed by atoms with Crippen molar-refractivity contribution >= 4 is 11.9 Å². The van der Waals surface area contributed by atoms with Gasteiger partial charge in [-0.3, -0.25) is 10.4 Å². The number of hydrogen-bond donors (Lipinski definition) is 2. The molecule has 0 amide bonds. The van der Waals surface area contributed by atoms with Crippen molar-refractivity contribution in [1.82, 2.24) is 10.3 Å². The molecular formula is C20H20N4. The first kappa shape index (κ1) is 15.9. The van der Waals surface area contributed by atoms with E-state index in [0.29, 0.717) is 0 Å². The van der Waals surface area contributed by atoms with Gasteiger partial charge in [-0.25, -0.2) is 0 Å². The minimum Gasteiger partial charge on any atom is -0.307 e. The molecule has 0 spiro atoms. The zero-order valence-electron chi connectivity index (χ0n) is 13.4. The first-order valence-corrected chi connectivity index (χ1v) is 7.94. The average molecular weight is 316 g/mol. The summed E-state index contributed by atoms with van der Waals surface area (Å²) in [5.41, 5.74) is 7.33. The monoisotopic (exact) mass is 316 g/mol. The number of rotatable bonds is 7. The van der Waals surface area contributed by atoms with Gasteiger partial charge in [0, 0.05) is 19.3 Å². The third-order valence-corrected chi connectivity index (χ3v) is 3.52. The molecule has 0 radical (unpaired) electrons. The molecule has 2 N–H and O–H groups in total. The minimum absolute atomic E-state index is 0.769. The van der Waals surface area contributed by atoms with Gasteiger partial charge in [-0.2, -0.15) is 5.10 Å². The SMILES string of the molecule is C(=N\Nc1ccccc1)/c1ccc(CNCc2ccccn2)cc1. The number of benzene rings is 2. The van der Waals surface area contributed by atoms with Crippen LogP contribution in [0.3, 0.4) is 0 Å². The van der Waals surface area contributed by atoms with Crippen molar-refractivity contribution in [2.45, 2.75) is 13.1 Å². The van der Waals surface area contributed by atoms with Crippen molar-refractivity contribution in [3.8, 4) is 0 Å². The Kier molecular flexibility index (Phi) is 5.70. The van der Waals surface area contributed by atoms with E-state index in [4.69, 9.17) is 0 Å². The summed E-state index contributed by atoms with van der Waals surface area (Å²) in [5.74, 6) is 0. The molecule has 0 aliphatic rings. The van der Waals surface area contributed by atoms with E-state index >= 15 is 0 Å². The summed E-state index contributed by atoms with van der Waals surface area (Å²) in [6.45, 7) is 1.58. The van der Waals surface area contributed by atoms with Crippen LogP contribution >= 0.6 is 0 Å². The molecule has 0 saturated heterocycles. The van der Waals surface area contributed by atoms with Gasteiger partial charge in [-0.15, -0.1) is 0 Å². The molecule has 0 bridgehead atoms. The first-order valence-electron chi connectivity index (χ1n) is 7.94. The zero-order valence-corrected chi connectivity index (χ0v) is 13.4. The Hall–Kier alpha value is -2.98. The van der Waals surface area contributed by atoms with Crippen LogP contribution in [0.1, 0.15) is 16.8 Å². The van der Waals surface area contributed by atoms with Gasteiger partial charge in [-0.1, -0.05) is 48.5 Å². The second-order valence-corrected chi connectivity index (χ2v) is 5.40. The van der Waals surface area contributed by atoms with Crippen molar-refractivity contribution in [1.29, 1.82) is 0 Å². The molecule has 1 heterocycles. The van der Waals surface area contributed by atoms with E-state index in [1.807, 2.05) is 60.9 Å². The molecule has 0 fully saturated rings. The summed E-state index contributed by atoms with van der Waals surface area (Å²) in [6, 6.07) is 24.2. The minimum atomic E-state index is 0.769. The molecule has 0 aliphatic heterocycles. The standard InChI is InChI=1S/C20H20N4/c1-2-6-19(7-3-1)24-23-15-18-11-9-17(10-12-18)14-21-16-20-8-4-5-13-22-20/h1-13,15,21,24H,14,16H2/b23-15+. The van der Waals surface area contributed by atoms with Gasteiger partial charge < -0.3 is 5.32 Å². The Balaban J connectivity index is 1.46. The van der Waals surface area contributed by atoms with E-state index < -0.39 is 0 Å². The van der Waals surface area contributed by atoms with Crippen LogP contribution in [0.5, 0.6) is 0 Å². The maximum atomic E-state index is 4.30. The summed E-state index contributed by atoms with van der Waals surface area (Å²) in [7, 11) is 0. The predicted octanol–water partition coefficient (Wildman–Crippen LogP) is 3.82. The van der Waals surface area contributed by atoms with Crippen molar-refractivity contribution < 1.29 is 0 Å². The number of anilines is 1. The predicted molar refractivity (Wildman–Crippen MR) is 98.9 cm³/mol. The van der Waals surface area contributed by atoms with Gasteiger partial charge in [0.2, 0.25) is 0 Å². The molecule has 4 nitrogen and oxygen atoms in total. The number of hydrazone groups is 1. The van der Waals surface area contributed by atoms with Gasteiger partial charge in [0.15, 0.2) is 0 Å². The summed E-state index contributed by atoms with van der Waals surface area (Å²) in [6.07, 6.45) is 3.63. The number of nitrogens with zero attached hydrogens (tertiary/aromatic N) is 2. The van der Waals surface area contributed by atoms with Gasteiger partial charge in [0.25, 0.3) is 0 Å². The van der Waals surface area contributed by atoms with Crippen LogP contribution in [-0.2, 0) is 13.1 Å². The molecule has 2 aromatic carbocycles. The smallest absolute Gasteiger partial charge is 0.0561 e. The number of hydrogen-bond acceptors (Lipinski definition) is 4. The van der Waals surface area contributed by atoms with E-state index in [-0.39, 0.29) is 0 Å². The molecule has 0 aliphatic carbocycles. The largest absolute Gasteiger partial charge is 0.307 e. The lowest BCUT2D eigenvalue weighted by atomic mass is 10.1. The van der Waals surface area contributed by atoms with E-state index in [2.05, 4.69) is 45.1 Å². The molecule has 120 valence electrons. The maximum Gasteiger partial charge on any atom is 0.0561 e. The van der Waals surface area contributed by atoms with Crippen LogP contribution < -0.4 is 10.7 Å². The Morgan fingerprint density at radius 2 is 1.62 bits per heavy atom. The molecule has 3 rings (SSSR count). The van der Waals surface area contributed by atoms with Crippen molar-refractivity contribution in [2.75, 3.05) is 5.43 Å². The summed E-state index contributed by atoms with van der Waals surface area (Å²) >= 11 is 0. The zero-order chi connectivity index (χ0) is 16.5. The van der Waals surface area contributed by atoms with Crippen LogP contribution in [0.25, 0.3) is 0 Å². The van der Waals surface area contributed by atoms with Gasteiger partial charge in [-0.05, 0) is 35.4 Å². The molecule has 0 atom stereocenters.